The van der Waals surface area contributed by atoms with Gasteiger partial charge in [0.2, 0.25) is 5.91 Å². The van der Waals surface area contributed by atoms with Crippen molar-refractivity contribution in [3.8, 4) is 0 Å². The molecule has 0 atom stereocenters. The largest absolute Gasteiger partial charge is 0.465 e. The molecule has 0 unspecified atom stereocenters. The van der Waals surface area contributed by atoms with Gasteiger partial charge >= 0.3 is 5.97 Å². The summed E-state index contributed by atoms with van der Waals surface area (Å²) >= 11 is 5.34. The molecule has 10 heteroatoms. The summed E-state index contributed by atoms with van der Waals surface area (Å²) in [5.74, 6) is -0.735. The van der Waals surface area contributed by atoms with Crippen molar-refractivity contribution in [3.05, 3.63) is 69.0 Å². The molecule has 2 heterocycles. The Bertz CT molecular complexity index is 1330. The zero-order chi connectivity index (χ0) is 24.2. The Morgan fingerprint density at radius 2 is 1.79 bits per heavy atom. The fourth-order valence-electron chi connectivity index (χ4n) is 4.11. The van der Waals surface area contributed by atoms with E-state index in [0.29, 0.717) is 62.0 Å². The van der Waals surface area contributed by atoms with Gasteiger partial charge in [0, 0.05) is 44.8 Å². The second-order valence-corrected chi connectivity index (χ2v) is 8.47. The molecule has 1 saturated heterocycles. The maximum absolute atomic E-state index is 13.1. The molecule has 1 fully saturated rings. The van der Waals surface area contributed by atoms with Crippen molar-refractivity contribution in [2.24, 2.45) is 0 Å². The first-order valence-electron chi connectivity index (χ1n) is 11.0. The number of hydrogen-bond donors (Lipinski definition) is 1. The maximum atomic E-state index is 13.1. The van der Waals surface area contributed by atoms with Crippen LogP contribution >= 0.6 is 12.2 Å². The normalized spacial score (nSPS) is 13.8. The number of aromatic nitrogens is 2. The summed E-state index contributed by atoms with van der Waals surface area (Å²) in [6.07, 6.45) is 0.775. The van der Waals surface area contributed by atoms with E-state index in [1.165, 1.54) is 35.9 Å². The quantitative estimate of drug-likeness (QED) is 0.427. The SMILES string of the molecule is COC(=O)c1ccc2c(=O)n(CCCC(=O)N3CCN(c4ccc(F)cc4)CC3)c(=S)[nH]c2c1. The number of anilines is 1. The van der Waals surface area contributed by atoms with Gasteiger partial charge in [0.25, 0.3) is 5.56 Å². The van der Waals surface area contributed by atoms with Crippen LogP contribution in [0.1, 0.15) is 23.2 Å². The fraction of sp³-hybridized carbons (Fsp3) is 0.333. The summed E-state index contributed by atoms with van der Waals surface area (Å²) in [4.78, 5) is 44.3. The lowest BCUT2D eigenvalue weighted by molar-refractivity contribution is -0.131. The number of hydrogen-bond acceptors (Lipinski definition) is 6. The van der Waals surface area contributed by atoms with Crippen LogP contribution in [0.4, 0.5) is 10.1 Å². The molecule has 0 aliphatic carbocycles. The van der Waals surface area contributed by atoms with Crippen molar-refractivity contribution in [1.29, 1.82) is 0 Å². The van der Waals surface area contributed by atoms with Crippen molar-refractivity contribution >= 4 is 40.7 Å². The molecular formula is C24H25FN4O4S. The monoisotopic (exact) mass is 484 g/mol. The summed E-state index contributed by atoms with van der Waals surface area (Å²) < 4.78 is 19.5. The van der Waals surface area contributed by atoms with E-state index < -0.39 is 5.97 Å². The van der Waals surface area contributed by atoms with E-state index >= 15 is 0 Å². The van der Waals surface area contributed by atoms with E-state index in [1.807, 2.05) is 4.90 Å². The molecule has 4 rings (SSSR count). The smallest absolute Gasteiger partial charge is 0.337 e. The van der Waals surface area contributed by atoms with Crippen LogP contribution in [-0.2, 0) is 16.1 Å². The van der Waals surface area contributed by atoms with Crippen LogP contribution in [0.2, 0.25) is 0 Å². The van der Waals surface area contributed by atoms with E-state index in [9.17, 15) is 18.8 Å². The molecule has 3 aromatic rings. The van der Waals surface area contributed by atoms with Gasteiger partial charge in [0.1, 0.15) is 5.82 Å². The van der Waals surface area contributed by atoms with Gasteiger partial charge in [0.15, 0.2) is 4.77 Å². The number of ether oxygens (including phenoxy) is 1. The van der Waals surface area contributed by atoms with Crippen LogP contribution in [0.3, 0.4) is 0 Å². The number of nitrogens with one attached hydrogen (secondary N) is 1. The van der Waals surface area contributed by atoms with Crippen LogP contribution < -0.4 is 10.5 Å². The summed E-state index contributed by atoms with van der Waals surface area (Å²) in [6.45, 7) is 2.86. The highest BCUT2D eigenvalue weighted by Crippen LogP contribution is 2.17. The number of esters is 1. The number of fused-ring (bicyclic) bond motifs is 1. The summed E-state index contributed by atoms with van der Waals surface area (Å²) in [5.41, 5.74) is 1.46. The van der Waals surface area contributed by atoms with E-state index in [1.54, 1.807) is 18.2 Å². The third-order valence-electron chi connectivity index (χ3n) is 6.00. The van der Waals surface area contributed by atoms with Crippen molar-refractivity contribution < 1.29 is 18.7 Å². The first kappa shape index (κ1) is 23.6. The van der Waals surface area contributed by atoms with Crippen LogP contribution in [-0.4, -0.2) is 59.6 Å². The number of piperazine rings is 1. The average molecular weight is 485 g/mol. The number of amides is 1. The third kappa shape index (κ3) is 5.01. The van der Waals surface area contributed by atoms with Gasteiger partial charge in [-0.2, -0.15) is 0 Å². The lowest BCUT2D eigenvalue weighted by Crippen LogP contribution is -2.48. The first-order chi connectivity index (χ1) is 16.4. The number of methoxy groups -OCH3 is 1. The number of H-pyrrole nitrogens is 1. The summed E-state index contributed by atoms with van der Waals surface area (Å²) in [5, 5.41) is 0.407. The summed E-state index contributed by atoms with van der Waals surface area (Å²) in [7, 11) is 1.29. The lowest BCUT2D eigenvalue weighted by Gasteiger charge is -2.36. The predicted molar refractivity (Wildman–Crippen MR) is 129 cm³/mol. The van der Waals surface area contributed by atoms with Gasteiger partial charge < -0.3 is 19.5 Å². The minimum absolute atomic E-state index is 0.0326. The Morgan fingerprint density at radius 1 is 1.09 bits per heavy atom. The van der Waals surface area contributed by atoms with Gasteiger partial charge in [-0.05, 0) is 61.1 Å². The van der Waals surface area contributed by atoms with Crippen molar-refractivity contribution in [1.82, 2.24) is 14.5 Å². The Kier molecular flexibility index (Phi) is 7.06. The number of rotatable bonds is 6. The Labute approximate surface area is 200 Å². The third-order valence-corrected chi connectivity index (χ3v) is 6.32. The van der Waals surface area contributed by atoms with Crippen molar-refractivity contribution in [2.45, 2.75) is 19.4 Å². The molecule has 2 aromatic carbocycles. The Morgan fingerprint density at radius 3 is 2.47 bits per heavy atom. The molecule has 34 heavy (non-hydrogen) atoms. The number of aromatic amines is 1. The number of carbonyl (C=O) groups is 2. The predicted octanol–water partition coefficient (Wildman–Crippen LogP) is 3.11. The number of benzene rings is 2. The zero-order valence-electron chi connectivity index (χ0n) is 18.8. The minimum Gasteiger partial charge on any atom is -0.465 e. The van der Waals surface area contributed by atoms with Gasteiger partial charge in [0.05, 0.1) is 23.6 Å². The highest BCUT2D eigenvalue weighted by molar-refractivity contribution is 7.71. The van der Waals surface area contributed by atoms with Crippen molar-refractivity contribution in [2.75, 3.05) is 38.2 Å². The second-order valence-electron chi connectivity index (χ2n) is 8.09. The van der Waals surface area contributed by atoms with E-state index in [-0.39, 0.29) is 22.1 Å². The highest BCUT2D eigenvalue weighted by Gasteiger charge is 2.21. The topological polar surface area (TPSA) is 87.6 Å². The molecule has 1 amide bonds. The molecule has 1 aromatic heterocycles. The Hall–Kier alpha value is -3.53. The number of carbonyl (C=O) groups excluding carboxylic acids is 2. The standard InChI is InChI=1S/C24H25FN4O4S/c1-33-23(32)16-4-9-19-20(15-16)26-24(34)29(22(19)31)10-2-3-21(30)28-13-11-27(12-14-28)18-7-5-17(25)6-8-18/h4-9,15H,2-3,10-14H2,1H3,(H,26,34). The molecule has 1 aliphatic heterocycles. The van der Waals surface area contributed by atoms with Gasteiger partial charge in [-0.15, -0.1) is 0 Å². The number of halogens is 1. The molecule has 8 nitrogen and oxygen atoms in total. The van der Waals surface area contributed by atoms with Crippen LogP contribution in [0.5, 0.6) is 0 Å². The lowest BCUT2D eigenvalue weighted by atomic mass is 10.1. The highest BCUT2D eigenvalue weighted by atomic mass is 32.1. The van der Waals surface area contributed by atoms with Gasteiger partial charge in [-0.25, -0.2) is 9.18 Å². The van der Waals surface area contributed by atoms with E-state index in [0.717, 1.165) is 5.69 Å². The first-order valence-corrected chi connectivity index (χ1v) is 11.4. The fourth-order valence-corrected chi connectivity index (χ4v) is 4.40. The average Bonchev–Trinajstić information content (AvgIpc) is 2.85. The minimum atomic E-state index is -0.498. The van der Waals surface area contributed by atoms with Crippen LogP contribution in [0.25, 0.3) is 10.9 Å². The van der Waals surface area contributed by atoms with Gasteiger partial charge in [-0.1, -0.05) is 0 Å². The van der Waals surface area contributed by atoms with E-state index in [2.05, 4.69) is 9.88 Å². The molecule has 0 saturated carbocycles. The molecule has 1 N–H and O–H groups in total. The number of nitrogens with zero attached hydrogens (tertiary/aromatic N) is 3. The van der Waals surface area contributed by atoms with Crippen molar-refractivity contribution in [3.63, 3.8) is 0 Å². The zero-order valence-corrected chi connectivity index (χ0v) is 19.6. The van der Waals surface area contributed by atoms with Crippen LogP contribution in [0.15, 0.2) is 47.3 Å². The molecule has 1 aliphatic rings. The molecule has 0 radical (unpaired) electrons. The van der Waals surface area contributed by atoms with Gasteiger partial charge in [-0.3, -0.25) is 14.2 Å². The molecular weight excluding hydrogens is 459 g/mol. The Balaban J connectivity index is 1.35. The maximum Gasteiger partial charge on any atom is 0.337 e. The summed E-state index contributed by atoms with van der Waals surface area (Å²) in [6, 6.07) is 11.0. The van der Waals surface area contributed by atoms with Crippen LogP contribution in [0, 0.1) is 10.6 Å². The van der Waals surface area contributed by atoms with E-state index in [4.69, 9.17) is 17.0 Å². The molecule has 178 valence electrons. The second kappa shape index (κ2) is 10.2. The molecule has 0 spiro atoms. The molecule has 0 bridgehead atoms.